The van der Waals surface area contributed by atoms with Crippen LogP contribution in [0.1, 0.15) is 20.7 Å². The van der Waals surface area contributed by atoms with Crippen LogP contribution in [0.15, 0.2) is 60.7 Å². The van der Waals surface area contributed by atoms with Crippen LogP contribution >= 0.6 is 0 Å². The highest BCUT2D eigenvalue weighted by atomic mass is 16.7. The highest BCUT2D eigenvalue weighted by Gasteiger charge is 2.50. The Morgan fingerprint density at radius 3 is 1.79 bits per heavy atom. The van der Waals surface area contributed by atoms with Crippen LogP contribution in [0.25, 0.3) is 0 Å². The molecule has 7 nitrogen and oxygen atoms in total. The Morgan fingerprint density at radius 1 is 0.821 bits per heavy atom. The lowest BCUT2D eigenvalue weighted by atomic mass is 10.1. The van der Waals surface area contributed by atoms with Gasteiger partial charge in [-0.3, -0.25) is 0 Å². The molecule has 4 atom stereocenters. The summed E-state index contributed by atoms with van der Waals surface area (Å²) in [5, 5.41) is 0. The second-order valence-electron chi connectivity index (χ2n) is 6.21. The molecular formula is C21H22O7. The minimum absolute atomic E-state index is 0.145. The SMILES string of the molecule is COC[C@H]1O[C@@H](OC)[C@H](OC(=O)c2ccccc2)[C@@H]1OC(=O)c1ccccc1. The smallest absolute Gasteiger partial charge is 0.338 e. The van der Waals surface area contributed by atoms with E-state index < -0.39 is 36.5 Å². The normalized spacial score (nSPS) is 23.9. The first kappa shape index (κ1) is 20.0. The maximum absolute atomic E-state index is 12.5. The van der Waals surface area contributed by atoms with Gasteiger partial charge >= 0.3 is 11.9 Å². The lowest BCUT2D eigenvalue weighted by Gasteiger charge is -2.23. The van der Waals surface area contributed by atoms with Gasteiger partial charge in [0, 0.05) is 14.2 Å². The molecule has 1 aliphatic heterocycles. The molecule has 1 fully saturated rings. The number of carbonyl (C=O) groups excluding carboxylic acids is 2. The number of methoxy groups -OCH3 is 2. The van der Waals surface area contributed by atoms with Crippen molar-refractivity contribution in [3.63, 3.8) is 0 Å². The number of ether oxygens (including phenoxy) is 5. The number of rotatable bonds is 7. The summed E-state index contributed by atoms with van der Waals surface area (Å²) < 4.78 is 27.5. The molecule has 28 heavy (non-hydrogen) atoms. The second kappa shape index (κ2) is 9.45. The third kappa shape index (κ3) is 4.56. The van der Waals surface area contributed by atoms with Gasteiger partial charge < -0.3 is 23.7 Å². The van der Waals surface area contributed by atoms with E-state index in [1.165, 1.54) is 14.2 Å². The number of hydrogen-bond acceptors (Lipinski definition) is 7. The van der Waals surface area contributed by atoms with Gasteiger partial charge in [-0.2, -0.15) is 0 Å². The van der Waals surface area contributed by atoms with Crippen LogP contribution in [0.5, 0.6) is 0 Å². The molecule has 1 saturated heterocycles. The van der Waals surface area contributed by atoms with Crippen LogP contribution in [-0.4, -0.2) is 57.4 Å². The first-order chi connectivity index (χ1) is 13.6. The fourth-order valence-corrected chi connectivity index (χ4v) is 2.98. The summed E-state index contributed by atoms with van der Waals surface area (Å²) in [5.41, 5.74) is 0.758. The van der Waals surface area contributed by atoms with Crippen LogP contribution in [0.2, 0.25) is 0 Å². The summed E-state index contributed by atoms with van der Waals surface area (Å²) in [7, 11) is 2.93. The molecule has 0 unspecified atom stereocenters. The lowest BCUT2D eigenvalue weighted by Crippen LogP contribution is -2.42. The summed E-state index contributed by atoms with van der Waals surface area (Å²) in [4.78, 5) is 25.1. The number of hydrogen-bond donors (Lipinski definition) is 0. The average molecular weight is 386 g/mol. The largest absolute Gasteiger partial charge is 0.452 e. The van der Waals surface area contributed by atoms with E-state index in [0.717, 1.165) is 0 Å². The standard InChI is InChI=1S/C21H22O7/c1-24-13-16-17(27-19(22)14-9-5-3-6-10-14)18(21(25-2)26-16)28-20(23)15-11-7-4-8-12-15/h3-12,16-18,21H,13H2,1-2H3/t16-,17-,18-,21-/m1/s1. The zero-order chi connectivity index (χ0) is 19.9. The predicted molar refractivity (Wildman–Crippen MR) is 98.8 cm³/mol. The van der Waals surface area contributed by atoms with Crippen molar-refractivity contribution in [3.05, 3.63) is 71.8 Å². The first-order valence-corrected chi connectivity index (χ1v) is 8.83. The van der Waals surface area contributed by atoms with Crippen molar-refractivity contribution in [2.75, 3.05) is 20.8 Å². The van der Waals surface area contributed by atoms with E-state index in [2.05, 4.69) is 0 Å². The van der Waals surface area contributed by atoms with Crippen molar-refractivity contribution < 1.29 is 33.3 Å². The summed E-state index contributed by atoms with van der Waals surface area (Å²) >= 11 is 0. The zero-order valence-electron chi connectivity index (χ0n) is 15.6. The van der Waals surface area contributed by atoms with Crippen LogP contribution in [0.4, 0.5) is 0 Å². The van der Waals surface area contributed by atoms with Crippen molar-refractivity contribution in [1.82, 2.24) is 0 Å². The third-order valence-electron chi connectivity index (χ3n) is 4.34. The topological polar surface area (TPSA) is 80.3 Å². The van der Waals surface area contributed by atoms with E-state index in [4.69, 9.17) is 23.7 Å². The number of benzene rings is 2. The van der Waals surface area contributed by atoms with Crippen LogP contribution in [0, 0.1) is 0 Å². The fourth-order valence-electron chi connectivity index (χ4n) is 2.98. The van der Waals surface area contributed by atoms with Gasteiger partial charge in [0.25, 0.3) is 0 Å². The van der Waals surface area contributed by atoms with E-state index in [-0.39, 0.29) is 6.61 Å². The van der Waals surface area contributed by atoms with Gasteiger partial charge in [-0.05, 0) is 24.3 Å². The Labute approximate surface area is 163 Å². The quantitative estimate of drug-likeness (QED) is 0.676. The molecule has 1 heterocycles. The molecule has 0 aliphatic carbocycles. The second-order valence-corrected chi connectivity index (χ2v) is 6.21. The molecule has 0 radical (unpaired) electrons. The molecule has 0 N–H and O–H groups in total. The first-order valence-electron chi connectivity index (χ1n) is 8.83. The molecule has 0 bridgehead atoms. The van der Waals surface area contributed by atoms with Gasteiger partial charge in [-0.25, -0.2) is 9.59 Å². The minimum Gasteiger partial charge on any atom is -0.452 e. The average Bonchev–Trinajstić information content (AvgIpc) is 3.05. The van der Waals surface area contributed by atoms with Crippen LogP contribution in [-0.2, 0) is 23.7 Å². The van der Waals surface area contributed by atoms with Gasteiger partial charge in [-0.15, -0.1) is 0 Å². The van der Waals surface area contributed by atoms with E-state index in [1.54, 1.807) is 60.7 Å². The van der Waals surface area contributed by atoms with E-state index >= 15 is 0 Å². The minimum atomic E-state index is -0.939. The van der Waals surface area contributed by atoms with Gasteiger partial charge in [0.1, 0.15) is 6.10 Å². The Hall–Kier alpha value is -2.74. The maximum atomic E-state index is 12.5. The van der Waals surface area contributed by atoms with E-state index in [1.807, 2.05) is 0 Å². The Morgan fingerprint density at radius 2 is 1.32 bits per heavy atom. The molecule has 2 aromatic rings. The highest BCUT2D eigenvalue weighted by molar-refractivity contribution is 5.90. The van der Waals surface area contributed by atoms with Gasteiger partial charge in [-0.1, -0.05) is 36.4 Å². The summed E-state index contributed by atoms with van der Waals surface area (Å²) in [6.07, 6.45) is -3.35. The molecule has 1 aliphatic rings. The molecule has 0 spiro atoms. The number of esters is 2. The van der Waals surface area contributed by atoms with Crippen molar-refractivity contribution in [1.29, 1.82) is 0 Å². The van der Waals surface area contributed by atoms with Crippen molar-refractivity contribution in [2.45, 2.75) is 24.6 Å². The third-order valence-corrected chi connectivity index (χ3v) is 4.34. The lowest BCUT2D eigenvalue weighted by molar-refractivity contribution is -0.156. The fraction of sp³-hybridized carbons (Fsp3) is 0.333. The summed E-state index contributed by atoms with van der Waals surface area (Å²) in [6.45, 7) is 0.145. The molecule has 0 aromatic heterocycles. The highest BCUT2D eigenvalue weighted by Crippen LogP contribution is 2.29. The molecular weight excluding hydrogens is 364 g/mol. The van der Waals surface area contributed by atoms with Crippen molar-refractivity contribution in [2.24, 2.45) is 0 Å². The van der Waals surface area contributed by atoms with E-state index in [9.17, 15) is 9.59 Å². The Balaban J connectivity index is 1.80. The van der Waals surface area contributed by atoms with Crippen molar-refractivity contribution in [3.8, 4) is 0 Å². The van der Waals surface area contributed by atoms with Gasteiger partial charge in [0.15, 0.2) is 18.5 Å². The Bertz CT molecular complexity index is 778. The molecule has 148 valence electrons. The van der Waals surface area contributed by atoms with Crippen LogP contribution < -0.4 is 0 Å². The maximum Gasteiger partial charge on any atom is 0.338 e. The van der Waals surface area contributed by atoms with Gasteiger partial charge in [0.2, 0.25) is 0 Å². The molecule has 0 amide bonds. The monoisotopic (exact) mass is 386 g/mol. The predicted octanol–water partition coefficient (Wildman–Crippen LogP) is 2.46. The van der Waals surface area contributed by atoms with E-state index in [0.29, 0.717) is 11.1 Å². The summed E-state index contributed by atoms with van der Waals surface area (Å²) in [6, 6.07) is 17.1. The van der Waals surface area contributed by atoms with Crippen molar-refractivity contribution >= 4 is 11.9 Å². The summed E-state index contributed by atoms with van der Waals surface area (Å²) in [5.74, 6) is -1.11. The zero-order valence-corrected chi connectivity index (χ0v) is 15.6. The molecule has 0 saturated carbocycles. The number of carbonyl (C=O) groups is 2. The van der Waals surface area contributed by atoms with Crippen LogP contribution in [0.3, 0.4) is 0 Å². The van der Waals surface area contributed by atoms with Gasteiger partial charge in [0.05, 0.1) is 17.7 Å². The molecule has 2 aromatic carbocycles. The Kier molecular flexibility index (Phi) is 6.76. The molecule has 3 rings (SSSR count). The molecule has 7 heteroatoms.